The van der Waals surface area contributed by atoms with Crippen LogP contribution in [0.5, 0.6) is 0 Å². The summed E-state index contributed by atoms with van der Waals surface area (Å²) in [6.07, 6.45) is 3.69. The van der Waals surface area contributed by atoms with E-state index in [9.17, 15) is 0 Å². The van der Waals surface area contributed by atoms with Gasteiger partial charge in [-0.05, 0) is 37.3 Å². The molecule has 0 bridgehead atoms. The number of hydrogen-bond donors (Lipinski definition) is 0. The number of anilines is 1. The predicted molar refractivity (Wildman–Crippen MR) is 102 cm³/mol. The third kappa shape index (κ3) is 3.29. The molecule has 2 atom stereocenters. The van der Waals surface area contributed by atoms with E-state index in [0.29, 0.717) is 12.6 Å². The number of nitrogens with zero attached hydrogens (tertiary/aromatic N) is 5. The summed E-state index contributed by atoms with van der Waals surface area (Å²) in [5.74, 6) is 2.50. The van der Waals surface area contributed by atoms with Crippen LogP contribution in [0.1, 0.15) is 26.2 Å². The lowest BCUT2D eigenvalue weighted by molar-refractivity contribution is 0.202. The molecule has 6 heteroatoms. The van der Waals surface area contributed by atoms with Crippen LogP contribution in [0.15, 0.2) is 42.5 Å². The number of methoxy groups -OCH3 is 1. The minimum atomic E-state index is 0.516. The number of fused-ring (bicyclic) bond motifs is 1. The van der Waals surface area contributed by atoms with Gasteiger partial charge in [-0.1, -0.05) is 37.3 Å². The lowest BCUT2D eigenvalue weighted by atomic mass is 10.1. The smallest absolute Gasteiger partial charge is 0.185 e. The highest BCUT2D eigenvalue weighted by atomic mass is 16.5. The summed E-state index contributed by atoms with van der Waals surface area (Å²) in [5, 5.41) is 13.5. The van der Waals surface area contributed by atoms with E-state index in [1.54, 1.807) is 7.11 Å². The number of benzene rings is 1. The van der Waals surface area contributed by atoms with Crippen molar-refractivity contribution in [3.8, 4) is 11.4 Å². The van der Waals surface area contributed by atoms with Gasteiger partial charge in [0.25, 0.3) is 0 Å². The molecular formula is C20H25N5O. The van der Waals surface area contributed by atoms with Crippen LogP contribution >= 0.6 is 0 Å². The van der Waals surface area contributed by atoms with Crippen molar-refractivity contribution in [3.05, 3.63) is 42.5 Å². The first-order chi connectivity index (χ1) is 12.8. The summed E-state index contributed by atoms with van der Waals surface area (Å²) in [4.78, 5) is 2.39. The first-order valence-corrected chi connectivity index (χ1v) is 9.29. The van der Waals surface area contributed by atoms with E-state index in [1.165, 1.54) is 19.3 Å². The van der Waals surface area contributed by atoms with Gasteiger partial charge in [-0.15, -0.1) is 15.3 Å². The summed E-state index contributed by atoms with van der Waals surface area (Å²) in [6.45, 7) is 3.87. The van der Waals surface area contributed by atoms with Crippen LogP contribution < -0.4 is 4.90 Å². The Balaban J connectivity index is 1.72. The minimum Gasteiger partial charge on any atom is -0.383 e. The highest BCUT2D eigenvalue weighted by Gasteiger charge is 2.28. The van der Waals surface area contributed by atoms with Crippen molar-refractivity contribution < 1.29 is 4.74 Å². The molecule has 0 radical (unpaired) electrons. The van der Waals surface area contributed by atoms with Crippen LogP contribution in [0.25, 0.3) is 17.0 Å². The molecule has 0 spiro atoms. The molecule has 0 amide bonds. The quantitative estimate of drug-likeness (QED) is 0.681. The zero-order valence-corrected chi connectivity index (χ0v) is 15.4. The predicted octanol–water partition coefficient (Wildman–Crippen LogP) is 3.43. The van der Waals surface area contributed by atoms with E-state index in [2.05, 4.69) is 28.1 Å². The van der Waals surface area contributed by atoms with Crippen molar-refractivity contribution in [1.82, 2.24) is 19.8 Å². The Hall–Kier alpha value is -2.47. The fourth-order valence-electron chi connectivity index (χ4n) is 3.83. The largest absolute Gasteiger partial charge is 0.383 e. The fraction of sp³-hybridized carbons (Fsp3) is 0.450. The highest BCUT2D eigenvalue weighted by molar-refractivity contribution is 5.59. The maximum atomic E-state index is 5.34. The van der Waals surface area contributed by atoms with Crippen LogP contribution in [-0.2, 0) is 4.74 Å². The molecule has 3 aromatic rings. The second kappa shape index (κ2) is 7.41. The molecule has 1 saturated carbocycles. The van der Waals surface area contributed by atoms with Crippen molar-refractivity contribution in [2.24, 2.45) is 5.92 Å². The van der Waals surface area contributed by atoms with E-state index in [4.69, 9.17) is 9.84 Å². The molecule has 1 aliphatic rings. The van der Waals surface area contributed by atoms with Crippen LogP contribution in [-0.4, -0.2) is 46.1 Å². The standard InChI is InChI=1S/C20H25N5O/c1-15-8-9-17(14-15)24(12-13-26-2)19-11-10-18-21-22-20(25(18)23-19)16-6-4-3-5-7-16/h3-7,10-11,15,17H,8-9,12-14H2,1-2H3. The van der Waals surface area contributed by atoms with Crippen LogP contribution in [0, 0.1) is 5.92 Å². The van der Waals surface area contributed by atoms with Crippen LogP contribution in [0.2, 0.25) is 0 Å². The maximum absolute atomic E-state index is 5.34. The zero-order valence-electron chi connectivity index (χ0n) is 15.4. The average molecular weight is 351 g/mol. The van der Waals surface area contributed by atoms with Crippen molar-refractivity contribution in [1.29, 1.82) is 0 Å². The van der Waals surface area contributed by atoms with Gasteiger partial charge in [0.15, 0.2) is 11.5 Å². The SMILES string of the molecule is COCCN(c1ccc2nnc(-c3ccccc3)n2n1)C1CCC(C)C1. The summed E-state index contributed by atoms with van der Waals surface area (Å²) in [5.41, 5.74) is 1.78. The minimum absolute atomic E-state index is 0.516. The van der Waals surface area contributed by atoms with Crippen LogP contribution in [0.4, 0.5) is 5.82 Å². The second-order valence-electron chi connectivity index (χ2n) is 7.11. The molecule has 1 fully saturated rings. The fourth-order valence-corrected chi connectivity index (χ4v) is 3.83. The third-order valence-corrected chi connectivity index (χ3v) is 5.22. The second-order valence-corrected chi connectivity index (χ2v) is 7.11. The van der Waals surface area contributed by atoms with Gasteiger partial charge in [0, 0.05) is 25.3 Å². The average Bonchev–Trinajstić information content (AvgIpc) is 3.29. The highest BCUT2D eigenvalue weighted by Crippen LogP contribution is 2.31. The van der Waals surface area contributed by atoms with Crippen LogP contribution in [0.3, 0.4) is 0 Å². The Kier molecular flexibility index (Phi) is 4.84. The molecule has 0 aliphatic heterocycles. The molecule has 0 N–H and O–H groups in total. The molecule has 26 heavy (non-hydrogen) atoms. The van der Waals surface area contributed by atoms with Gasteiger partial charge < -0.3 is 9.64 Å². The van der Waals surface area contributed by atoms with E-state index < -0.39 is 0 Å². The Morgan fingerprint density at radius 3 is 2.69 bits per heavy atom. The monoisotopic (exact) mass is 351 g/mol. The van der Waals surface area contributed by atoms with E-state index >= 15 is 0 Å². The molecule has 4 rings (SSSR count). The zero-order chi connectivity index (χ0) is 17.9. The van der Waals surface area contributed by atoms with E-state index in [1.807, 2.05) is 40.9 Å². The molecule has 1 aromatic carbocycles. The molecule has 2 heterocycles. The van der Waals surface area contributed by atoms with Crippen molar-refractivity contribution in [2.45, 2.75) is 32.2 Å². The first kappa shape index (κ1) is 17.0. The Morgan fingerprint density at radius 2 is 1.96 bits per heavy atom. The van der Waals surface area contributed by atoms with Gasteiger partial charge in [-0.3, -0.25) is 0 Å². The van der Waals surface area contributed by atoms with Gasteiger partial charge in [-0.25, -0.2) is 0 Å². The maximum Gasteiger partial charge on any atom is 0.185 e. The third-order valence-electron chi connectivity index (χ3n) is 5.22. The molecule has 2 unspecified atom stereocenters. The van der Waals surface area contributed by atoms with Gasteiger partial charge in [-0.2, -0.15) is 4.52 Å². The number of hydrogen-bond acceptors (Lipinski definition) is 5. The number of rotatable bonds is 6. The van der Waals surface area contributed by atoms with Crippen molar-refractivity contribution in [2.75, 3.05) is 25.2 Å². The molecule has 136 valence electrons. The summed E-state index contributed by atoms with van der Waals surface area (Å²) >= 11 is 0. The van der Waals surface area contributed by atoms with Crippen molar-refractivity contribution in [3.63, 3.8) is 0 Å². The first-order valence-electron chi connectivity index (χ1n) is 9.29. The number of aromatic nitrogens is 4. The van der Waals surface area contributed by atoms with Gasteiger partial charge in [0.1, 0.15) is 5.82 Å². The summed E-state index contributed by atoms with van der Waals surface area (Å²) < 4.78 is 7.19. The number of ether oxygens (including phenoxy) is 1. The molecule has 2 aromatic heterocycles. The lowest BCUT2D eigenvalue weighted by Gasteiger charge is -2.30. The molecule has 1 aliphatic carbocycles. The van der Waals surface area contributed by atoms with Crippen molar-refractivity contribution >= 4 is 11.5 Å². The summed E-state index contributed by atoms with van der Waals surface area (Å²) in [7, 11) is 1.75. The van der Waals surface area contributed by atoms with E-state index in [-0.39, 0.29) is 0 Å². The van der Waals surface area contributed by atoms with Gasteiger partial charge >= 0.3 is 0 Å². The summed E-state index contributed by atoms with van der Waals surface area (Å²) in [6, 6.07) is 14.6. The molecular weight excluding hydrogens is 326 g/mol. The van der Waals surface area contributed by atoms with Gasteiger partial charge in [0.05, 0.1) is 6.61 Å². The lowest BCUT2D eigenvalue weighted by Crippen LogP contribution is -2.37. The topological polar surface area (TPSA) is 55.5 Å². The molecule has 6 nitrogen and oxygen atoms in total. The normalized spacial score (nSPS) is 19.9. The van der Waals surface area contributed by atoms with Gasteiger partial charge in [0.2, 0.25) is 0 Å². The molecule has 0 saturated heterocycles. The Labute approximate surface area is 153 Å². The van der Waals surface area contributed by atoms with E-state index in [0.717, 1.165) is 35.3 Å². The Morgan fingerprint density at radius 1 is 1.12 bits per heavy atom. The Bertz CT molecular complexity index is 863.